The Hall–Kier alpha value is -3.28. The number of nitrogens with one attached hydrogen (secondary N) is 2. The molecule has 6 nitrogen and oxygen atoms in total. The van der Waals surface area contributed by atoms with Crippen molar-refractivity contribution in [2.45, 2.75) is 41.5 Å². The van der Waals surface area contributed by atoms with Gasteiger partial charge in [0, 0.05) is 24.9 Å². The van der Waals surface area contributed by atoms with Crippen LogP contribution >= 0.6 is 0 Å². The Morgan fingerprint density at radius 3 is 2.22 bits per heavy atom. The van der Waals surface area contributed by atoms with Crippen LogP contribution in [0.15, 0.2) is 48.5 Å². The quantitative estimate of drug-likeness (QED) is 0.405. The number of carbonyl (C=O) groups excluding carboxylic acids is 1. The van der Waals surface area contributed by atoms with Crippen molar-refractivity contribution >= 4 is 34.6 Å². The molecule has 2 rings (SSSR count). The second-order valence-corrected chi connectivity index (χ2v) is 9.04. The van der Waals surface area contributed by atoms with Crippen LogP contribution in [0.3, 0.4) is 0 Å². The molecule has 3 N–H and O–H groups in total. The molecule has 0 aliphatic rings. The largest absolute Gasteiger partial charge is 0.478 e. The zero-order valence-electron chi connectivity index (χ0n) is 19.9. The number of allylic oxidation sites excluding steroid dienone is 1. The molecular formula is C26H35N3O3. The van der Waals surface area contributed by atoms with Crippen molar-refractivity contribution in [2.24, 2.45) is 11.8 Å². The summed E-state index contributed by atoms with van der Waals surface area (Å²) >= 11 is 0. The molecule has 2 aromatic carbocycles. The lowest BCUT2D eigenvalue weighted by molar-refractivity contribution is -0.131. The molecule has 0 heterocycles. The summed E-state index contributed by atoms with van der Waals surface area (Å²) in [5.41, 5.74) is 4.69. The van der Waals surface area contributed by atoms with Crippen LogP contribution in [0.2, 0.25) is 0 Å². The van der Waals surface area contributed by atoms with Gasteiger partial charge >= 0.3 is 12.0 Å². The number of urea groups is 1. The molecule has 2 amide bonds. The molecule has 2 aromatic rings. The highest BCUT2D eigenvalue weighted by molar-refractivity contribution is 6.02. The van der Waals surface area contributed by atoms with Crippen LogP contribution in [0.1, 0.15) is 45.7 Å². The summed E-state index contributed by atoms with van der Waals surface area (Å²) < 4.78 is 0. The van der Waals surface area contributed by atoms with Gasteiger partial charge in [0.15, 0.2) is 0 Å². The molecule has 0 bridgehead atoms. The summed E-state index contributed by atoms with van der Waals surface area (Å²) in [5, 5.41) is 15.0. The van der Waals surface area contributed by atoms with Crippen molar-refractivity contribution in [1.29, 1.82) is 0 Å². The molecule has 0 aromatic heterocycles. The van der Waals surface area contributed by atoms with E-state index >= 15 is 0 Å². The summed E-state index contributed by atoms with van der Waals surface area (Å²) in [6, 6.07) is 13.0. The van der Waals surface area contributed by atoms with Gasteiger partial charge in [-0.25, -0.2) is 9.59 Å². The minimum absolute atomic E-state index is 0.345. The highest BCUT2D eigenvalue weighted by atomic mass is 16.4. The molecule has 172 valence electrons. The van der Waals surface area contributed by atoms with Crippen molar-refractivity contribution in [2.75, 3.05) is 28.6 Å². The SMILES string of the molecule is C/C(=C\C(=O)O)c1ccc(N(CC(C)C)CC(C)C)c(NC(=O)Nc2cccc(C)c2)c1. The summed E-state index contributed by atoms with van der Waals surface area (Å²) in [6.07, 6.45) is 1.17. The predicted molar refractivity (Wildman–Crippen MR) is 133 cm³/mol. The molecule has 0 radical (unpaired) electrons. The first-order chi connectivity index (χ1) is 15.0. The second kappa shape index (κ2) is 11.4. The number of carboxylic acids is 1. The van der Waals surface area contributed by atoms with E-state index in [9.17, 15) is 9.59 Å². The van der Waals surface area contributed by atoms with Crippen molar-refractivity contribution < 1.29 is 14.7 Å². The molecule has 0 fully saturated rings. The standard InChI is InChI=1S/C26H35N3O3/c1-17(2)15-29(16-18(3)4)24-11-10-21(20(6)13-25(30)31)14-23(24)28-26(32)27-22-9-7-8-19(5)12-22/h7-14,17-18H,15-16H2,1-6H3,(H,30,31)(H2,27,28,32)/b20-13+. The van der Waals surface area contributed by atoms with Gasteiger partial charge in [-0.15, -0.1) is 0 Å². The molecule has 0 spiro atoms. The Bertz CT molecular complexity index is 970. The minimum Gasteiger partial charge on any atom is -0.478 e. The van der Waals surface area contributed by atoms with Crippen LogP contribution in [-0.2, 0) is 4.79 Å². The maximum absolute atomic E-state index is 12.8. The van der Waals surface area contributed by atoms with Crippen molar-refractivity contribution in [3.05, 3.63) is 59.7 Å². The third-order valence-electron chi connectivity index (χ3n) is 4.83. The third-order valence-corrected chi connectivity index (χ3v) is 4.83. The van der Waals surface area contributed by atoms with Crippen LogP contribution < -0.4 is 15.5 Å². The van der Waals surface area contributed by atoms with Gasteiger partial charge in [-0.3, -0.25) is 0 Å². The average molecular weight is 438 g/mol. The molecule has 0 saturated heterocycles. The summed E-state index contributed by atoms with van der Waals surface area (Å²) in [7, 11) is 0. The lowest BCUT2D eigenvalue weighted by atomic mass is 10.0. The predicted octanol–water partition coefficient (Wildman–Crippen LogP) is 6.25. The van der Waals surface area contributed by atoms with Gasteiger partial charge in [-0.1, -0.05) is 45.9 Å². The molecule has 0 aliphatic carbocycles. The van der Waals surface area contributed by atoms with Gasteiger partial charge in [0.05, 0.1) is 11.4 Å². The van der Waals surface area contributed by atoms with Gasteiger partial charge in [0.2, 0.25) is 0 Å². The summed E-state index contributed by atoms with van der Waals surface area (Å²) in [6.45, 7) is 14.1. The number of hydrogen-bond acceptors (Lipinski definition) is 3. The molecular weight excluding hydrogens is 402 g/mol. The number of hydrogen-bond donors (Lipinski definition) is 3. The highest BCUT2D eigenvalue weighted by Crippen LogP contribution is 2.31. The van der Waals surface area contributed by atoms with Crippen molar-refractivity contribution in [1.82, 2.24) is 0 Å². The molecule has 6 heteroatoms. The van der Waals surface area contributed by atoms with E-state index in [2.05, 4.69) is 43.2 Å². The van der Waals surface area contributed by atoms with E-state index in [4.69, 9.17) is 5.11 Å². The van der Waals surface area contributed by atoms with E-state index in [0.29, 0.717) is 28.8 Å². The Morgan fingerprint density at radius 2 is 1.66 bits per heavy atom. The fourth-order valence-corrected chi connectivity index (χ4v) is 3.59. The molecule has 0 unspecified atom stereocenters. The Morgan fingerprint density at radius 1 is 1.00 bits per heavy atom. The zero-order chi connectivity index (χ0) is 23.8. The minimum atomic E-state index is -1.00. The van der Waals surface area contributed by atoms with Crippen LogP contribution in [0, 0.1) is 18.8 Å². The number of anilines is 3. The van der Waals surface area contributed by atoms with E-state index in [1.807, 2.05) is 49.4 Å². The smallest absolute Gasteiger partial charge is 0.328 e. The average Bonchev–Trinajstić information content (AvgIpc) is 2.66. The topological polar surface area (TPSA) is 81.7 Å². The lowest BCUT2D eigenvalue weighted by Crippen LogP contribution is -2.32. The van der Waals surface area contributed by atoms with Gasteiger partial charge in [-0.05, 0) is 66.6 Å². The fourth-order valence-electron chi connectivity index (χ4n) is 3.59. The number of aliphatic carboxylic acids is 1. The van der Waals surface area contributed by atoms with Gasteiger partial charge < -0.3 is 20.6 Å². The second-order valence-electron chi connectivity index (χ2n) is 9.04. The number of benzene rings is 2. The Balaban J connectivity index is 2.43. The zero-order valence-corrected chi connectivity index (χ0v) is 19.9. The van der Waals surface area contributed by atoms with Crippen molar-refractivity contribution in [3.8, 4) is 0 Å². The van der Waals surface area contributed by atoms with E-state index in [1.54, 1.807) is 6.92 Å². The number of carboxylic acid groups (broad SMARTS) is 1. The molecule has 0 atom stereocenters. The first-order valence-corrected chi connectivity index (χ1v) is 11.0. The van der Waals surface area contributed by atoms with Crippen LogP contribution in [0.5, 0.6) is 0 Å². The summed E-state index contributed by atoms with van der Waals surface area (Å²) in [5.74, 6) is -0.119. The fraction of sp³-hybridized carbons (Fsp3) is 0.385. The first kappa shape index (κ1) is 25.0. The monoisotopic (exact) mass is 437 g/mol. The number of carbonyl (C=O) groups is 2. The number of rotatable bonds is 9. The number of nitrogens with zero attached hydrogens (tertiary/aromatic N) is 1. The first-order valence-electron chi connectivity index (χ1n) is 11.0. The van der Waals surface area contributed by atoms with E-state index in [0.717, 1.165) is 29.9 Å². The van der Waals surface area contributed by atoms with Gasteiger partial charge in [0.25, 0.3) is 0 Å². The maximum atomic E-state index is 12.8. The third kappa shape index (κ3) is 7.76. The Labute approximate surface area is 191 Å². The lowest BCUT2D eigenvalue weighted by Gasteiger charge is -2.30. The normalized spacial score (nSPS) is 11.6. The van der Waals surface area contributed by atoms with Crippen LogP contribution in [0.4, 0.5) is 21.9 Å². The number of amides is 2. The van der Waals surface area contributed by atoms with E-state index in [-0.39, 0.29) is 6.03 Å². The molecule has 0 saturated carbocycles. The molecule has 32 heavy (non-hydrogen) atoms. The number of aryl methyl sites for hydroxylation is 1. The van der Waals surface area contributed by atoms with Crippen LogP contribution in [0.25, 0.3) is 5.57 Å². The van der Waals surface area contributed by atoms with Gasteiger partial charge in [-0.2, -0.15) is 0 Å². The van der Waals surface area contributed by atoms with E-state index in [1.165, 1.54) is 6.08 Å². The van der Waals surface area contributed by atoms with E-state index < -0.39 is 5.97 Å². The highest BCUT2D eigenvalue weighted by Gasteiger charge is 2.17. The summed E-state index contributed by atoms with van der Waals surface area (Å²) in [4.78, 5) is 26.2. The van der Waals surface area contributed by atoms with Crippen molar-refractivity contribution in [3.63, 3.8) is 0 Å². The maximum Gasteiger partial charge on any atom is 0.328 e. The molecule has 0 aliphatic heterocycles. The van der Waals surface area contributed by atoms with Gasteiger partial charge in [0.1, 0.15) is 0 Å². The van der Waals surface area contributed by atoms with Crippen LogP contribution in [-0.4, -0.2) is 30.2 Å². The Kier molecular flexibility index (Phi) is 8.88.